The van der Waals surface area contributed by atoms with Crippen LogP contribution in [0, 0.1) is 11.3 Å². The highest BCUT2D eigenvalue weighted by atomic mass is 16.5. The van der Waals surface area contributed by atoms with E-state index in [4.69, 9.17) is 10.4 Å². The molecule has 0 radical (unpaired) electrons. The van der Waals surface area contributed by atoms with Crippen molar-refractivity contribution in [3.05, 3.63) is 47.3 Å². The van der Waals surface area contributed by atoms with Crippen LogP contribution in [0.5, 0.6) is 0 Å². The molecular formula is C13H9N3O4. The van der Waals surface area contributed by atoms with Crippen LogP contribution in [0.15, 0.2) is 34.9 Å². The molecular weight excluding hydrogens is 262 g/mol. The van der Waals surface area contributed by atoms with Crippen molar-refractivity contribution in [2.24, 2.45) is 0 Å². The molecule has 1 heterocycles. The third-order valence-corrected chi connectivity index (χ3v) is 2.63. The number of aromatic carboxylic acids is 1. The van der Waals surface area contributed by atoms with Crippen LogP contribution < -0.4 is 4.90 Å². The SMILES string of the molecule is CN(C(=O)c1cc(C(=O)O)on1)c1ccccc1C#N. The molecule has 0 bridgehead atoms. The van der Waals surface area contributed by atoms with Gasteiger partial charge in [-0.3, -0.25) is 4.79 Å². The van der Waals surface area contributed by atoms with Crippen molar-refractivity contribution in [1.29, 1.82) is 5.26 Å². The number of rotatable bonds is 3. The molecule has 2 rings (SSSR count). The Morgan fingerprint density at radius 3 is 2.70 bits per heavy atom. The van der Waals surface area contributed by atoms with Crippen LogP contribution in [-0.2, 0) is 0 Å². The summed E-state index contributed by atoms with van der Waals surface area (Å²) in [5.74, 6) is -2.30. The van der Waals surface area contributed by atoms with Crippen molar-refractivity contribution < 1.29 is 19.2 Å². The van der Waals surface area contributed by atoms with E-state index in [0.29, 0.717) is 11.3 Å². The Morgan fingerprint density at radius 2 is 2.10 bits per heavy atom. The van der Waals surface area contributed by atoms with Gasteiger partial charge in [-0.1, -0.05) is 17.3 Å². The molecule has 0 atom stereocenters. The van der Waals surface area contributed by atoms with E-state index in [1.54, 1.807) is 24.3 Å². The number of carbonyl (C=O) groups excluding carboxylic acids is 1. The first-order valence-electron chi connectivity index (χ1n) is 5.51. The van der Waals surface area contributed by atoms with Gasteiger partial charge in [0.2, 0.25) is 5.76 Å². The molecule has 0 fully saturated rings. The van der Waals surface area contributed by atoms with Crippen molar-refractivity contribution in [2.45, 2.75) is 0 Å². The van der Waals surface area contributed by atoms with Crippen molar-refractivity contribution in [2.75, 3.05) is 11.9 Å². The first-order valence-corrected chi connectivity index (χ1v) is 5.51. The fourth-order valence-electron chi connectivity index (χ4n) is 1.62. The quantitative estimate of drug-likeness (QED) is 0.906. The van der Waals surface area contributed by atoms with E-state index in [0.717, 1.165) is 6.07 Å². The number of benzene rings is 1. The minimum Gasteiger partial charge on any atom is -0.475 e. The van der Waals surface area contributed by atoms with Gasteiger partial charge >= 0.3 is 5.97 Å². The van der Waals surface area contributed by atoms with Crippen molar-refractivity contribution in [1.82, 2.24) is 5.16 Å². The van der Waals surface area contributed by atoms with Gasteiger partial charge in [0.05, 0.1) is 11.3 Å². The summed E-state index contributed by atoms with van der Waals surface area (Å²) < 4.78 is 4.53. The maximum Gasteiger partial charge on any atom is 0.374 e. The van der Waals surface area contributed by atoms with Crippen molar-refractivity contribution in [3.8, 4) is 6.07 Å². The lowest BCUT2D eigenvalue weighted by atomic mass is 10.1. The molecule has 1 amide bonds. The molecule has 1 aromatic heterocycles. The van der Waals surface area contributed by atoms with Gasteiger partial charge in [-0.15, -0.1) is 0 Å². The summed E-state index contributed by atoms with van der Waals surface area (Å²) in [7, 11) is 1.47. The van der Waals surface area contributed by atoms with Crippen LogP contribution in [0.4, 0.5) is 5.69 Å². The second-order valence-corrected chi connectivity index (χ2v) is 3.87. The second-order valence-electron chi connectivity index (χ2n) is 3.87. The van der Waals surface area contributed by atoms with Crippen molar-refractivity contribution in [3.63, 3.8) is 0 Å². The molecule has 0 aliphatic carbocycles. The highest BCUT2D eigenvalue weighted by Crippen LogP contribution is 2.20. The van der Waals surface area contributed by atoms with Gasteiger partial charge < -0.3 is 14.5 Å². The van der Waals surface area contributed by atoms with E-state index in [2.05, 4.69) is 9.68 Å². The Balaban J connectivity index is 2.33. The smallest absolute Gasteiger partial charge is 0.374 e. The minimum atomic E-state index is -1.31. The molecule has 2 aromatic rings. The van der Waals surface area contributed by atoms with Crippen LogP contribution in [0.25, 0.3) is 0 Å². The topological polar surface area (TPSA) is 107 Å². The van der Waals surface area contributed by atoms with Crippen LogP contribution in [-0.4, -0.2) is 29.2 Å². The van der Waals surface area contributed by atoms with E-state index in [-0.39, 0.29) is 5.69 Å². The van der Waals surface area contributed by atoms with Gasteiger partial charge in [-0.05, 0) is 12.1 Å². The van der Waals surface area contributed by atoms with E-state index < -0.39 is 17.6 Å². The van der Waals surface area contributed by atoms with Gasteiger partial charge in [0.15, 0.2) is 5.69 Å². The van der Waals surface area contributed by atoms with Gasteiger partial charge in [0, 0.05) is 13.1 Å². The zero-order valence-corrected chi connectivity index (χ0v) is 10.4. The van der Waals surface area contributed by atoms with Crippen molar-refractivity contribution >= 4 is 17.6 Å². The molecule has 7 heteroatoms. The van der Waals surface area contributed by atoms with Gasteiger partial charge in [-0.2, -0.15) is 5.26 Å². The third kappa shape index (κ3) is 2.35. The van der Waals surface area contributed by atoms with E-state index >= 15 is 0 Å². The molecule has 0 spiro atoms. The summed E-state index contributed by atoms with van der Waals surface area (Å²) in [5.41, 5.74) is 0.586. The molecule has 7 nitrogen and oxygen atoms in total. The molecule has 100 valence electrons. The van der Waals surface area contributed by atoms with E-state index in [9.17, 15) is 9.59 Å². The maximum atomic E-state index is 12.2. The number of hydrogen-bond donors (Lipinski definition) is 1. The van der Waals surface area contributed by atoms with E-state index in [1.807, 2.05) is 6.07 Å². The fourth-order valence-corrected chi connectivity index (χ4v) is 1.62. The molecule has 0 aliphatic rings. The average Bonchev–Trinajstić information content (AvgIpc) is 2.95. The number of anilines is 1. The van der Waals surface area contributed by atoms with Gasteiger partial charge in [-0.25, -0.2) is 4.79 Å². The molecule has 0 saturated heterocycles. The standard InChI is InChI=1S/C13H9N3O4/c1-16(10-5-3-2-4-8(10)7-14)12(17)9-6-11(13(18)19)20-15-9/h2-6H,1H3,(H,18,19). The Bertz CT molecular complexity index is 714. The number of para-hydroxylation sites is 1. The Labute approximate surface area is 113 Å². The monoisotopic (exact) mass is 271 g/mol. The minimum absolute atomic E-state index is 0.141. The lowest BCUT2D eigenvalue weighted by Crippen LogP contribution is -2.27. The predicted octanol–water partition coefficient (Wildman–Crippen LogP) is 1.52. The summed E-state index contributed by atoms with van der Waals surface area (Å²) in [4.78, 5) is 24.0. The summed E-state index contributed by atoms with van der Waals surface area (Å²) in [5, 5.41) is 21.1. The first kappa shape index (κ1) is 13.3. The Hall–Kier alpha value is -3.14. The number of carboxylic acid groups (broad SMARTS) is 1. The molecule has 0 unspecified atom stereocenters. The molecule has 20 heavy (non-hydrogen) atoms. The average molecular weight is 271 g/mol. The van der Waals surface area contributed by atoms with Crippen LogP contribution in [0.1, 0.15) is 26.6 Å². The van der Waals surface area contributed by atoms with Crippen LogP contribution in [0.2, 0.25) is 0 Å². The second kappa shape index (κ2) is 5.24. The normalized spacial score (nSPS) is 9.80. The van der Waals surface area contributed by atoms with E-state index in [1.165, 1.54) is 11.9 Å². The number of nitriles is 1. The highest BCUT2D eigenvalue weighted by Gasteiger charge is 2.21. The zero-order chi connectivity index (χ0) is 14.7. The first-order chi connectivity index (χ1) is 9.54. The molecule has 1 N–H and O–H groups in total. The lowest BCUT2D eigenvalue weighted by Gasteiger charge is -2.16. The Kier molecular flexibility index (Phi) is 3.48. The number of hydrogen-bond acceptors (Lipinski definition) is 5. The molecule has 0 saturated carbocycles. The summed E-state index contributed by atoms with van der Waals surface area (Å²) in [6.07, 6.45) is 0. The molecule has 0 aliphatic heterocycles. The number of amides is 1. The van der Waals surface area contributed by atoms with Gasteiger partial charge in [0.1, 0.15) is 6.07 Å². The summed E-state index contributed by atoms with van der Waals surface area (Å²) in [6, 6.07) is 9.56. The highest BCUT2D eigenvalue weighted by molar-refractivity contribution is 6.05. The number of carbonyl (C=O) groups is 2. The zero-order valence-electron chi connectivity index (χ0n) is 10.4. The van der Waals surface area contributed by atoms with Gasteiger partial charge in [0.25, 0.3) is 5.91 Å². The lowest BCUT2D eigenvalue weighted by molar-refractivity contribution is 0.0651. The molecule has 1 aromatic carbocycles. The van der Waals surface area contributed by atoms with Crippen LogP contribution >= 0.6 is 0 Å². The summed E-state index contributed by atoms with van der Waals surface area (Å²) >= 11 is 0. The number of aromatic nitrogens is 1. The number of carboxylic acids is 1. The fraction of sp³-hybridized carbons (Fsp3) is 0.0769. The summed E-state index contributed by atoms with van der Waals surface area (Å²) in [6.45, 7) is 0. The van der Waals surface area contributed by atoms with Crippen LogP contribution in [0.3, 0.4) is 0 Å². The number of nitrogens with zero attached hydrogens (tertiary/aromatic N) is 3. The Morgan fingerprint density at radius 1 is 1.40 bits per heavy atom. The third-order valence-electron chi connectivity index (χ3n) is 2.63. The predicted molar refractivity (Wildman–Crippen MR) is 67.4 cm³/mol. The maximum absolute atomic E-state index is 12.2. The largest absolute Gasteiger partial charge is 0.475 e.